The number of benzene rings is 2. The molecule has 0 aliphatic carbocycles. The van der Waals surface area contributed by atoms with E-state index in [-0.39, 0.29) is 11.5 Å². The SMILES string of the molecule is CN(Cc1cnn(Cc2ccccc2)c1)C(=O)c1ccc(=O)n(Cc2ccccc2Cl)c1. The van der Waals surface area contributed by atoms with Gasteiger partial charge in [-0.05, 0) is 23.3 Å². The molecule has 2 heterocycles. The van der Waals surface area contributed by atoms with Crippen LogP contribution in [0.4, 0.5) is 0 Å². The molecule has 0 saturated carbocycles. The normalized spacial score (nSPS) is 10.8. The van der Waals surface area contributed by atoms with Gasteiger partial charge in [0.15, 0.2) is 0 Å². The van der Waals surface area contributed by atoms with Crippen molar-refractivity contribution in [1.29, 1.82) is 0 Å². The van der Waals surface area contributed by atoms with Crippen molar-refractivity contribution in [2.45, 2.75) is 19.6 Å². The summed E-state index contributed by atoms with van der Waals surface area (Å²) >= 11 is 6.22. The van der Waals surface area contributed by atoms with Crippen molar-refractivity contribution in [3.63, 3.8) is 0 Å². The van der Waals surface area contributed by atoms with Crippen LogP contribution in [0.5, 0.6) is 0 Å². The van der Waals surface area contributed by atoms with E-state index < -0.39 is 0 Å². The van der Waals surface area contributed by atoms with Crippen LogP contribution < -0.4 is 5.56 Å². The lowest BCUT2D eigenvalue weighted by atomic mass is 10.2. The molecule has 0 aliphatic heterocycles. The summed E-state index contributed by atoms with van der Waals surface area (Å²) in [5.74, 6) is -0.172. The van der Waals surface area contributed by atoms with Crippen LogP contribution in [-0.2, 0) is 19.6 Å². The van der Waals surface area contributed by atoms with E-state index in [0.29, 0.717) is 30.2 Å². The lowest BCUT2D eigenvalue weighted by molar-refractivity contribution is 0.0784. The van der Waals surface area contributed by atoms with Gasteiger partial charge in [-0.2, -0.15) is 5.10 Å². The molecule has 2 aromatic carbocycles. The van der Waals surface area contributed by atoms with Gasteiger partial charge in [-0.25, -0.2) is 0 Å². The Morgan fingerprint density at radius 1 is 0.938 bits per heavy atom. The van der Waals surface area contributed by atoms with Gasteiger partial charge in [0.1, 0.15) is 0 Å². The largest absolute Gasteiger partial charge is 0.337 e. The summed E-state index contributed by atoms with van der Waals surface area (Å²) in [6.07, 6.45) is 5.30. The van der Waals surface area contributed by atoms with E-state index in [2.05, 4.69) is 17.2 Å². The third-order valence-electron chi connectivity index (χ3n) is 5.17. The number of amides is 1. The van der Waals surface area contributed by atoms with Gasteiger partial charge in [0.2, 0.25) is 0 Å². The van der Waals surface area contributed by atoms with E-state index >= 15 is 0 Å². The molecule has 4 aromatic rings. The predicted molar refractivity (Wildman–Crippen MR) is 125 cm³/mol. The van der Waals surface area contributed by atoms with Crippen LogP contribution in [0.2, 0.25) is 5.02 Å². The van der Waals surface area contributed by atoms with Crippen molar-refractivity contribution in [3.8, 4) is 0 Å². The fourth-order valence-corrected chi connectivity index (χ4v) is 3.70. The van der Waals surface area contributed by atoms with Crippen LogP contribution in [0.25, 0.3) is 0 Å². The van der Waals surface area contributed by atoms with Gasteiger partial charge in [-0.15, -0.1) is 0 Å². The van der Waals surface area contributed by atoms with Gasteiger partial charge in [0.05, 0.1) is 24.8 Å². The molecule has 0 spiro atoms. The quantitative estimate of drug-likeness (QED) is 0.430. The number of halogens is 1. The average Bonchev–Trinajstić information content (AvgIpc) is 3.23. The number of nitrogens with zero attached hydrogens (tertiary/aromatic N) is 4. The smallest absolute Gasteiger partial charge is 0.255 e. The lowest BCUT2D eigenvalue weighted by Crippen LogP contribution is -2.28. The molecule has 32 heavy (non-hydrogen) atoms. The first-order valence-corrected chi connectivity index (χ1v) is 10.6. The van der Waals surface area contributed by atoms with Crippen LogP contribution in [-0.4, -0.2) is 32.2 Å². The van der Waals surface area contributed by atoms with Gasteiger partial charge in [-0.1, -0.05) is 60.1 Å². The zero-order chi connectivity index (χ0) is 22.5. The first-order chi connectivity index (χ1) is 15.5. The summed E-state index contributed by atoms with van der Waals surface area (Å²) in [5.41, 5.74) is 3.16. The first-order valence-electron chi connectivity index (χ1n) is 10.2. The van der Waals surface area contributed by atoms with Crippen molar-refractivity contribution in [3.05, 3.63) is 123 Å². The molecular formula is C25H23ClN4O2. The second-order valence-electron chi connectivity index (χ2n) is 7.67. The van der Waals surface area contributed by atoms with E-state index in [1.807, 2.05) is 47.3 Å². The first kappa shape index (κ1) is 21.6. The van der Waals surface area contributed by atoms with Crippen LogP contribution in [0.3, 0.4) is 0 Å². The Balaban J connectivity index is 1.45. The number of hydrogen-bond donors (Lipinski definition) is 0. The van der Waals surface area contributed by atoms with Crippen LogP contribution >= 0.6 is 11.6 Å². The lowest BCUT2D eigenvalue weighted by Gasteiger charge is -2.17. The topological polar surface area (TPSA) is 60.1 Å². The minimum atomic E-state index is -0.189. The second kappa shape index (κ2) is 9.66. The molecule has 1 amide bonds. The molecule has 0 N–H and O–H groups in total. The number of pyridine rings is 1. The molecule has 2 aromatic heterocycles. The highest BCUT2D eigenvalue weighted by atomic mass is 35.5. The fourth-order valence-electron chi connectivity index (χ4n) is 3.50. The summed E-state index contributed by atoms with van der Waals surface area (Å²) in [4.78, 5) is 26.9. The van der Waals surface area contributed by atoms with E-state index in [1.165, 1.54) is 10.6 Å². The van der Waals surface area contributed by atoms with Crippen LogP contribution in [0, 0.1) is 0 Å². The number of carbonyl (C=O) groups excluding carboxylic acids is 1. The molecule has 0 fully saturated rings. The minimum Gasteiger partial charge on any atom is -0.337 e. The summed E-state index contributed by atoms with van der Waals surface area (Å²) < 4.78 is 3.35. The summed E-state index contributed by atoms with van der Waals surface area (Å²) in [6, 6.07) is 20.4. The average molecular weight is 447 g/mol. The standard InChI is InChI=1S/C25H23ClN4O2/c1-28(14-20-13-27-30(16-20)15-19-7-3-2-4-8-19)25(32)22-11-12-24(31)29(18-22)17-21-9-5-6-10-23(21)26/h2-13,16,18H,14-15,17H2,1H3. The number of carbonyl (C=O) groups is 1. The number of rotatable bonds is 7. The van der Waals surface area contributed by atoms with Gasteiger partial charge >= 0.3 is 0 Å². The minimum absolute atomic E-state index is 0.172. The van der Waals surface area contributed by atoms with Crippen LogP contribution in [0.1, 0.15) is 27.0 Å². The van der Waals surface area contributed by atoms with Crippen molar-refractivity contribution < 1.29 is 4.79 Å². The Bertz CT molecular complexity index is 1280. The molecule has 0 saturated heterocycles. The predicted octanol–water partition coefficient (Wildman–Crippen LogP) is 4.07. The second-order valence-corrected chi connectivity index (χ2v) is 8.08. The Hall–Kier alpha value is -3.64. The number of hydrogen-bond acceptors (Lipinski definition) is 3. The van der Waals surface area contributed by atoms with E-state index in [9.17, 15) is 9.59 Å². The molecule has 6 nitrogen and oxygen atoms in total. The Kier molecular flexibility index (Phi) is 6.52. The van der Waals surface area contributed by atoms with E-state index in [0.717, 1.165) is 16.7 Å². The monoisotopic (exact) mass is 446 g/mol. The van der Waals surface area contributed by atoms with Crippen molar-refractivity contribution in [1.82, 2.24) is 19.2 Å². The summed E-state index contributed by atoms with van der Waals surface area (Å²) in [7, 11) is 1.74. The summed E-state index contributed by atoms with van der Waals surface area (Å²) in [5, 5.41) is 4.98. The maximum Gasteiger partial charge on any atom is 0.255 e. The van der Waals surface area contributed by atoms with Crippen molar-refractivity contribution >= 4 is 17.5 Å². The van der Waals surface area contributed by atoms with E-state index in [1.54, 1.807) is 36.5 Å². The Morgan fingerprint density at radius 2 is 1.69 bits per heavy atom. The molecule has 0 bridgehead atoms. The van der Waals surface area contributed by atoms with E-state index in [4.69, 9.17) is 11.6 Å². The molecule has 0 aliphatic rings. The molecule has 0 unspecified atom stereocenters. The molecular weight excluding hydrogens is 424 g/mol. The maximum absolute atomic E-state index is 13.0. The van der Waals surface area contributed by atoms with Crippen molar-refractivity contribution in [2.75, 3.05) is 7.05 Å². The molecule has 0 radical (unpaired) electrons. The third kappa shape index (κ3) is 5.15. The highest BCUT2D eigenvalue weighted by Crippen LogP contribution is 2.16. The van der Waals surface area contributed by atoms with Crippen LogP contribution in [0.15, 0.2) is 90.1 Å². The Morgan fingerprint density at radius 3 is 2.47 bits per heavy atom. The van der Waals surface area contributed by atoms with Gasteiger partial charge in [0.25, 0.3) is 11.5 Å². The van der Waals surface area contributed by atoms with Gasteiger partial charge in [0, 0.05) is 42.6 Å². The molecule has 7 heteroatoms. The van der Waals surface area contributed by atoms with Crippen molar-refractivity contribution in [2.24, 2.45) is 0 Å². The molecule has 162 valence electrons. The summed E-state index contributed by atoms with van der Waals surface area (Å²) in [6.45, 7) is 1.39. The Labute approximate surface area is 191 Å². The number of aromatic nitrogens is 3. The highest BCUT2D eigenvalue weighted by Gasteiger charge is 2.15. The zero-order valence-electron chi connectivity index (χ0n) is 17.7. The maximum atomic E-state index is 13.0. The fraction of sp³-hybridized carbons (Fsp3) is 0.160. The molecule has 0 atom stereocenters. The zero-order valence-corrected chi connectivity index (χ0v) is 18.4. The third-order valence-corrected chi connectivity index (χ3v) is 5.54. The molecule has 4 rings (SSSR count). The van der Waals surface area contributed by atoms with Gasteiger partial charge < -0.3 is 9.47 Å². The van der Waals surface area contributed by atoms with Gasteiger partial charge in [-0.3, -0.25) is 14.3 Å². The highest BCUT2D eigenvalue weighted by molar-refractivity contribution is 6.31.